The maximum Gasteiger partial charge on any atom is 0.246 e. The van der Waals surface area contributed by atoms with Gasteiger partial charge in [0, 0.05) is 11.4 Å². The Labute approximate surface area is 131 Å². The molecule has 0 bridgehead atoms. The van der Waals surface area contributed by atoms with E-state index in [9.17, 15) is 4.79 Å². The fraction of sp³-hybridized carbons (Fsp3) is 0.278. The summed E-state index contributed by atoms with van der Waals surface area (Å²) in [5.74, 6) is 0.684. The molecule has 0 aromatic heterocycles. The van der Waals surface area contributed by atoms with E-state index >= 15 is 0 Å². The van der Waals surface area contributed by atoms with Crippen LogP contribution in [-0.2, 0) is 4.79 Å². The molecule has 0 radical (unpaired) electrons. The van der Waals surface area contributed by atoms with Crippen LogP contribution in [0.4, 0.5) is 11.4 Å². The minimum Gasteiger partial charge on any atom is -0.497 e. The van der Waals surface area contributed by atoms with E-state index in [1.54, 1.807) is 7.11 Å². The summed E-state index contributed by atoms with van der Waals surface area (Å²) in [6, 6.07) is 13.1. The summed E-state index contributed by atoms with van der Waals surface area (Å²) in [4.78, 5) is 12.2. The van der Waals surface area contributed by atoms with E-state index in [-0.39, 0.29) is 11.9 Å². The lowest BCUT2D eigenvalue weighted by Crippen LogP contribution is -2.31. The SMILES string of the molecule is COc1ccc(NC(=O)[C@H](C)Nc2cc(C)cc(C)c2)cc1. The Kier molecular flexibility index (Phi) is 5.04. The zero-order valence-corrected chi connectivity index (χ0v) is 13.4. The van der Waals surface area contributed by atoms with E-state index in [1.165, 1.54) is 11.1 Å². The molecule has 4 nitrogen and oxygen atoms in total. The number of methoxy groups -OCH3 is 1. The molecule has 0 spiro atoms. The average molecular weight is 298 g/mol. The molecule has 2 aromatic rings. The van der Waals surface area contributed by atoms with Crippen molar-refractivity contribution in [2.75, 3.05) is 17.7 Å². The second kappa shape index (κ2) is 6.98. The molecule has 0 heterocycles. The molecule has 2 N–H and O–H groups in total. The van der Waals surface area contributed by atoms with Crippen LogP contribution in [0.5, 0.6) is 5.75 Å². The van der Waals surface area contributed by atoms with Crippen LogP contribution in [0, 0.1) is 13.8 Å². The Morgan fingerprint density at radius 1 is 1.00 bits per heavy atom. The summed E-state index contributed by atoms with van der Waals surface area (Å²) in [6.45, 7) is 5.93. The molecule has 1 atom stereocenters. The normalized spacial score (nSPS) is 11.6. The van der Waals surface area contributed by atoms with Gasteiger partial charge in [0.15, 0.2) is 0 Å². The van der Waals surface area contributed by atoms with Crippen LogP contribution >= 0.6 is 0 Å². The van der Waals surface area contributed by atoms with Crippen molar-refractivity contribution >= 4 is 17.3 Å². The van der Waals surface area contributed by atoms with Gasteiger partial charge in [0.05, 0.1) is 7.11 Å². The first kappa shape index (κ1) is 15.9. The first-order valence-corrected chi connectivity index (χ1v) is 7.27. The molecule has 0 saturated carbocycles. The standard InChI is InChI=1S/C18H22N2O2/c1-12-9-13(2)11-16(10-12)19-14(3)18(21)20-15-5-7-17(22-4)8-6-15/h5-11,14,19H,1-4H3,(H,20,21)/t14-/m0/s1. The maximum absolute atomic E-state index is 12.2. The number of anilines is 2. The van der Waals surface area contributed by atoms with Gasteiger partial charge in [0.25, 0.3) is 0 Å². The number of carbonyl (C=O) groups is 1. The number of benzene rings is 2. The summed E-state index contributed by atoms with van der Waals surface area (Å²) in [6.07, 6.45) is 0. The summed E-state index contributed by atoms with van der Waals surface area (Å²) < 4.78 is 5.10. The van der Waals surface area contributed by atoms with Crippen molar-refractivity contribution in [1.82, 2.24) is 0 Å². The average Bonchev–Trinajstić information content (AvgIpc) is 2.46. The molecule has 2 aromatic carbocycles. The van der Waals surface area contributed by atoms with Gasteiger partial charge < -0.3 is 15.4 Å². The fourth-order valence-electron chi connectivity index (χ4n) is 2.30. The van der Waals surface area contributed by atoms with Crippen LogP contribution in [0.3, 0.4) is 0 Å². The Morgan fingerprint density at radius 2 is 1.59 bits per heavy atom. The van der Waals surface area contributed by atoms with Gasteiger partial charge in [-0.05, 0) is 68.3 Å². The third-order valence-corrected chi connectivity index (χ3v) is 3.36. The van der Waals surface area contributed by atoms with Crippen molar-refractivity contribution in [1.29, 1.82) is 0 Å². The molecule has 0 aliphatic heterocycles. The first-order chi connectivity index (χ1) is 10.5. The molecule has 0 fully saturated rings. The van der Waals surface area contributed by atoms with E-state index in [0.29, 0.717) is 0 Å². The van der Waals surface area contributed by atoms with Gasteiger partial charge in [0.2, 0.25) is 5.91 Å². The van der Waals surface area contributed by atoms with E-state index in [2.05, 4.69) is 16.7 Å². The summed E-state index contributed by atoms with van der Waals surface area (Å²) in [5.41, 5.74) is 4.05. The van der Waals surface area contributed by atoms with Crippen LogP contribution in [-0.4, -0.2) is 19.1 Å². The van der Waals surface area contributed by atoms with Gasteiger partial charge in [-0.1, -0.05) is 6.07 Å². The number of carbonyl (C=O) groups excluding carboxylic acids is 1. The molecular weight excluding hydrogens is 276 g/mol. The Bertz CT molecular complexity index is 630. The van der Waals surface area contributed by atoms with Crippen molar-refractivity contribution in [2.24, 2.45) is 0 Å². The number of hydrogen-bond donors (Lipinski definition) is 2. The quantitative estimate of drug-likeness (QED) is 0.884. The summed E-state index contributed by atoms with van der Waals surface area (Å²) in [7, 11) is 1.61. The van der Waals surface area contributed by atoms with E-state index in [1.807, 2.05) is 57.2 Å². The topological polar surface area (TPSA) is 50.4 Å². The monoisotopic (exact) mass is 298 g/mol. The minimum atomic E-state index is -0.330. The van der Waals surface area contributed by atoms with E-state index in [4.69, 9.17) is 4.74 Å². The van der Waals surface area contributed by atoms with Crippen molar-refractivity contribution in [3.05, 3.63) is 53.6 Å². The fourth-order valence-corrected chi connectivity index (χ4v) is 2.30. The second-order valence-electron chi connectivity index (χ2n) is 5.46. The molecule has 116 valence electrons. The Morgan fingerprint density at radius 3 is 2.14 bits per heavy atom. The van der Waals surface area contributed by atoms with Gasteiger partial charge in [-0.25, -0.2) is 0 Å². The molecular formula is C18H22N2O2. The highest BCUT2D eigenvalue weighted by Crippen LogP contribution is 2.17. The highest BCUT2D eigenvalue weighted by molar-refractivity contribution is 5.96. The van der Waals surface area contributed by atoms with Crippen molar-refractivity contribution < 1.29 is 9.53 Å². The third kappa shape index (κ3) is 4.25. The van der Waals surface area contributed by atoms with Gasteiger partial charge >= 0.3 is 0 Å². The largest absolute Gasteiger partial charge is 0.497 e. The highest BCUT2D eigenvalue weighted by atomic mass is 16.5. The highest BCUT2D eigenvalue weighted by Gasteiger charge is 2.13. The molecule has 4 heteroatoms. The molecule has 2 rings (SSSR count). The van der Waals surface area contributed by atoms with Crippen LogP contribution in [0.25, 0.3) is 0 Å². The zero-order valence-electron chi connectivity index (χ0n) is 13.4. The van der Waals surface area contributed by atoms with Gasteiger partial charge in [-0.3, -0.25) is 4.79 Å². The second-order valence-corrected chi connectivity index (χ2v) is 5.46. The van der Waals surface area contributed by atoms with Crippen LogP contribution in [0.15, 0.2) is 42.5 Å². The number of nitrogens with one attached hydrogen (secondary N) is 2. The van der Waals surface area contributed by atoms with Crippen LogP contribution in [0.1, 0.15) is 18.1 Å². The van der Waals surface area contributed by atoms with Crippen molar-refractivity contribution in [3.8, 4) is 5.75 Å². The lowest BCUT2D eigenvalue weighted by molar-refractivity contribution is -0.116. The summed E-state index contributed by atoms with van der Waals surface area (Å²) in [5, 5.41) is 6.11. The molecule has 0 aliphatic rings. The number of hydrogen-bond acceptors (Lipinski definition) is 3. The molecule has 0 unspecified atom stereocenters. The number of amides is 1. The van der Waals surface area contributed by atoms with Crippen molar-refractivity contribution in [3.63, 3.8) is 0 Å². The first-order valence-electron chi connectivity index (χ1n) is 7.27. The molecule has 0 saturated heterocycles. The third-order valence-electron chi connectivity index (χ3n) is 3.36. The van der Waals surface area contributed by atoms with Gasteiger partial charge in [-0.15, -0.1) is 0 Å². The molecule has 0 aliphatic carbocycles. The maximum atomic E-state index is 12.2. The van der Waals surface area contributed by atoms with E-state index in [0.717, 1.165) is 17.1 Å². The summed E-state index contributed by atoms with van der Waals surface area (Å²) >= 11 is 0. The minimum absolute atomic E-state index is 0.0793. The number of aryl methyl sites for hydroxylation is 2. The van der Waals surface area contributed by atoms with E-state index < -0.39 is 0 Å². The zero-order chi connectivity index (χ0) is 16.1. The Balaban J connectivity index is 1.99. The molecule has 1 amide bonds. The van der Waals surface area contributed by atoms with Gasteiger partial charge in [0.1, 0.15) is 11.8 Å². The smallest absolute Gasteiger partial charge is 0.246 e. The number of ether oxygens (including phenoxy) is 1. The number of rotatable bonds is 5. The van der Waals surface area contributed by atoms with Crippen LogP contribution in [0.2, 0.25) is 0 Å². The predicted molar refractivity (Wildman–Crippen MR) is 90.6 cm³/mol. The predicted octanol–water partition coefficient (Wildman–Crippen LogP) is 3.75. The van der Waals surface area contributed by atoms with Gasteiger partial charge in [-0.2, -0.15) is 0 Å². The molecule has 22 heavy (non-hydrogen) atoms. The van der Waals surface area contributed by atoms with Crippen LogP contribution < -0.4 is 15.4 Å². The lowest BCUT2D eigenvalue weighted by atomic mass is 10.1. The lowest BCUT2D eigenvalue weighted by Gasteiger charge is -2.16. The van der Waals surface area contributed by atoms with Crippen molar-refractivity contribution in [2.45, 2.75) is 26.8 Å². The Hall–Kier alpha value is -2.49.